The van der Waals surface area contributed by atoms with Gasteiger partial charge >= 0.3 is 0 Å². The van der Waals surface area contributed by atoms with Crippen molar-refractivity contribution < 1.29 is 0 Å². The number of nitrogens with one attached hydrogen (secondary N) is 1. The largest absolute Gasteiger partial charge is 0.305 e. The number of fused-ring (bicyclic) bond motifs is 1. The van der Waals surface area contributed by atoms with E-state index < -0.39 is 5.56 Å². The van der Waals surface area contributed by atoms with Gasteiger partial charge in [-0.1, -0.05) is 0 Å². The SMILES string of the molecule is N#Cc1cc2cccnc2[nH]c1=O. The number of aromatic amines is 1. The Morgan fingerprint density at radius 1 is 1.54 bits per heavy atom. The predicted octanol–water partition coefficient (Wildman–Crippen LogP) is 0.795. The highest BCUT2D eigenvalue weighted by molar-refractivity contribution is 5.75. The van der Waals surface area contributed by atoms with Gasteiger partial charge in [0.05, 0.1) is 0 Å². The molecule has 2 aromatic rings. The lowest BCUT2D eigenvalue weighted by atomic mass is 10.2. The lowest BCUT2D eigenvalue weighted by molar-refractivity contribution is 1.21. The summed E-state index contributed by atoms with van der Waals surface area (Å²) in [5.41, 5.74) is 0.223. The molecule has 4 nitrogen and oxygen atoms in total. The van der Waals surface area contributed by atoms with Gasteiger partial charge in [-0.15, -0.1) is 0 Å². The summed E-state index contributed by atoms with van der Waals surface area (Å²) in [4.78, 5) is 17.6. The Kier molecular flexibility index (Phi) is 1.57. The van der Waals surface area contributed by atoms with Crippen molar-refractivity contribution in [2.75, 3.05) is 0 Å². The molecule has 0 atom stereocenters. The molecule has 0 amide bonds. The standard InChI is InChI=1S/C9H5N3O/c10-5-7-4-6-2-1-3-11-8(6)12-9(7)13/h1-4H,(H,11,12,13). The van der Waals surface area contributed by atoms with Gasteiger partial charge < -0.3 is 4.98 Å². The third-order valence-electron chi connectivity index (χ3n) is 1.74. The number of hydrogen-bond donors (Lipinski definition) is 1. The van der Waals surface area contributed by atoms with Crippen LogP contribution in [-0.2, 0) is 0 Å². The Bertz CT molecular complexity index is 551. The fourth-order valence-corrected chi connectivity index (χ4v) is 1.12. The van der Waals surface area contributed by atoms with Crippen LogP contribution in [0.4, 0.5) is 0 Å². The summed E-state index contributed by atoms with van der Waals surface area (Å²) in [6.07, 6.45) is 1.59. The summed E-state index contributed by atoms with van der Waals surface area (Å²) in [6, 6.07) is 6.89. The van der Waals surface area contributed by atoms with Crippen molar-refractivity contribution >= 4 is 11.0 Å². The number of nitrogens with zero attached hydrogens (tertiary/aromatic N) is 2. The second kappa shape index (κ2) is 2.72. The van der Waals surface area contributed by atoms with Crippen molar-refractivity contribution in [3.05, 3.63) is 40.3 Å². The van der Waals surface area contributed by atoms with Gasteiger partial charge in [-0.25, -0.2) is 4.98 Å². The summed E-state index contributed by atoms with van der Waals surface area (Å²) in [6.45, 7) is 0. The molecule has 0 bridgehead atoms. The second-order valence-electron chi connectivity index (χ2n) is 2.57. The Hall–Kier alpha value is -2.15. The molecule has 0 saturated carbocycles. The smallest absolute Gasteiger partial charge is 0.267 e. The molecule has 2 rings (SSSR count). The van der Waals surface area contributed by atoms with Gasteiger partial charge in [-0.2, -0.15) is 5.26 Å². The van der Waals surface area contributed by atoms with Crippen molar-refractivity contribution in [1.82, 2.24) is 9.97 Å². The van der Waals surface area contributed by atoms with Gasteiger partial charge in [0.2, 0.25) is 0 Å². The molecule has 13 heavy (non-hydrogen) atoms. The lowest BCUT2D eigenvalue weighted by Crippen LogP contribution is -2.09. The molecule has 0 fully saturated rings. The highest BCUT2D eigenvalue weighted by atomic mass is 16.1. The van der Waals surface area contributed by atoms with Crippen molar-refractivity contribution in [3.8, 4) is 6.07 Å². The predicted molar refractivity (Wildman–Crippen MR) is 47.1 cm³/mol. The van der Waals surface area contributed by atoms with Gasteiger partial charge in [-0.3, -0.25) is 4.79 Å². The molecule has 1 N–H and O–H groups in total. The normalized spacial score (nSPS) is 9.77. The first-order valence-electron chi connectivity index (χ1n) is 3.69. The molecular weight excluding hydrogens is 166 g/mol. The van der Waals surface area contributed by atoms with Crippen LogP contribution < -0.4 is 5.56 Å². The second-order valence-corrected chi connectivity index (χ2v) is 2.57. The summed E-state index contributed by atoms with van der Waals surface area (Å²) in [5, 5.41) is 9.35. The molecule has 2 heterocycles. The van der Waals surface area contributed by atoms with E-state index in [1.54, 1.807) is 18.3 Å². The fraction of sp³-hybridized carbons (Fsp3) is 0. The van der Waals surface area contributed by atoms with Crippen LogP contribution in [0.25, 0.3) is 11.0 Å². The van der Waals surface area contributed by atoms with E-state index in [0.29, 0.717) is 5.65 Å². The first kappa shape index (κ1) is 7.50. The van der Waals surface area contributed by atoms with E-state index in [1.165, 1.54) is 6.07 Å². The van der Waals surface area contributed by atoms with Crippen LogP contribution in [0.5, 0.6) is 0 Å². The molecule has 0 spiro atoms. The Labute approximate surface area is 73.5 Å². The number of hydrogen-bond acceptors (Lipinski definition) is 3. The maximum Gasteiger partial charge on any atom is 0.267 e. The fourth-order valence-electron chi connectivity index (χ4n) is 1.12. The van der Waals surface area contributed by atoms with Crippen molar-refractivity contribution in [1.29, 1.82) is 5.26 Å². The number of aromatic nitrogens is 2. The van der Waals surface area contributed by atoms with Crippen molar-refractivity contribution in [2.24, 2.45) is 0 Å². The summed E-state index contributed by atoms with van der Waals surface area (Å²) >= 11 is 0. The number of nitriles is 1. The van der Waals surface area contributed by atoms with Crippen molar-refractivity contribution in [3.63, 3.8) is 0 Å². The zero-order valence-electron chi connectivity index (χ0n) is 6.61. The van der Waals surface area contributed by atoms with Crippen LogP contribution in [0.2, 0.25) is 0 Å². The molecule has 0 aliphatic carbocycles. The monoisotopic (exact) mass is 171 g/mol. The van der Waals surface area contributed by atoms with E-state index in [2.05, 4.69) is 9.97 Å². The van der Waals surface area contributed by atoms with Crippen LogP contribution in [0, 0.1) is 11.3 Å². The Balaban J connectivity index is 2.91. The molecule has 0 unspecified atom stereocenters. The molecular formula is C9H5N3O. The maximum atomic E-state index is 11.1. The Morgan fingerprint density at radius 3 is 3.15 bits per heavy atom. The molecule has 0 aliphatic heterocycles. The van der Waals surface area contributed by atoms with E-state index >= 15 is 0 Å². The first-order chi connectivity index (χ1) is 6.31. The van der Waals surface area contributed by atoms with E-state index in [4.69, 9.17) is 5.26 Å². The summed E-state index contributed by atoms with van der Waals surface area (Å²) in [7, 11) is 0. The third kappa shape index (κ3) is 1.16. The van der Waals surface area contributed by atoms with Gasteiger partial charge in [0.15, 0.2) is 0 Å². The minimum Gasteiger partial charge on any atom is -0.305 e. The van der Waals surface area contributed by atoms with E-state index in [9.17, 15) is 4.79 Å². The van der Waals surface area contributed by atoms with Crippen LogP contribution in [0.1, 0.15) is 5.56 Å². The quantitative estimate of drug-likeness (QED) is 0.637. The molecule has 62 valence electrons. The molecule has 4 heteroatoms. The highest BCUT2D eigenvalue weighted by Crippen LogP contribution is 2.05. The summed E-state index contributed by atoms with van der Waals surface area (Å²) < 4.78 is 0. The molecule has 0 saturated heterocycles. The minimum atomic E-state index is -0.395. The maximum absolute atomic E-state index is 11.1. The minimum absolute atomic E-state index is 0.112. The lowest BCUT2D eigenvalue weighted by Gasteiger charge is -1.94. The molecule has 2 aromatic heterocycles. The van der Waals surface area contributed by atoms with E-state index in [1.807, 2.05) is 6.07 Å². The molecule has 0 aromatic carbocycles. The van der Waals surface area contributed by atoms with Crippen molar-refractivity contribution in [2.45, 2.75) is 0 Å². The first-order valence-corrected chi connectivity index (χ1v) is 3.69. The number of H-pyrrole nitrogens is 1. The number of pyridine rings is 2. The zero-order valence-corrected chi connectivity index (χ0v) is 6.61. The highest BCUT2D eigenvalue weighted by Gasteiger charge is 2.00. The third-order valence-corrected chi connectivity index (χ3v) is 1.74. The zero-order chi connectivity index (χ0) is 9.26. The molecule has 0 radical (unpaired) electrons. The van der Waals surface area contributed by atoms with E-state index in [0.717, 1.165) is 5.39 Å². The number of rotatable bonds is 0. The van der Waals surface area contributed by atoms with Crippen LogP contribution in [0.3, 0.4) is 0 Å². The average Bonchev–Trinajstić information content (AvgIpc) is 2.17. The summed E-state index contributed by atoms with van der Waals surface area (Å²) in [5.74, 6) is 0. The van der Waals surface area contributed by atoms with Gasteiger partial charge in [0.1, 0.15) is 17.3 Å². The van der Waals surface area contributed by atoms with Gasteiger partial charge in [0, 0.05) is 11.6 Å². The van der Waals surface area contributed by atoms with Gasteiger partial charge in [-0.05, 0) is 18.2 Å². The average molecular weight is 171 g/mol. The molecule has 0 aliphatic rings. The topological polar surface area (TPSA) is 69.5 Å². The van der Waals surface area contributed by atoms with Gasteiger partial charge in [0.25, 0.3) is 5.56 Å². The van der Waals surface area contributed by atoms with Crippen LogP contribution >= 0.6 is 0 Å². The van der Waals surface area contributed by atoms with Crippen LogP contribution in [-0.4, -0.2) is 9.97 Å². The van der Waals surface area contributed by atoms with Crippen LogP contribution in [0.15, 0.2) is 29.2 Å². The van der Waals surface area contributed by atoms with E-state index in [-0.39, 0.29) is 5.56 Å². The Morgan fingerprint density at radius 2 is 2.38 bits per heavy atom.